The van der Waals surface area contributed by atoms with E-state index in [1.807, 2.05) is 24.3 Å². The Balaban J connectivity index is 1.47. The fourth-order valence-electron chi connectivity index (χ4n) is 3.94. The molecule has 0 N–H and O–H groups in total. The van der Waals surface area contributed by atoms with Crippen molar-refractivity contribution in [1.29, 1.82) is 0 Å². The van der Waals surface area contributed by atoms with Gasteiger partial charge >= 0.3 is 0 Å². The lowest BCUT2D eigenvalue weighted by Crippen LogP contribution is -2.31. The van der Waals surface area contributed by atoms with Crippen molar-refractivity contribution in [1.82, 2.24) is 19.9 Å². The Bertz CT molecular complexity index is 1410. The number of hydrogen-bond acceptors (Lipinski definition) is 6. The Kier molecular flexibility index (Phi) is 6.57. The van der Waals surface area contributed by atoms with Gasteiger partial charge in [-0.1, -0.05) is 28.1 Å². The molecule has 11 heteroatoms. The van der Waals surface area contributed by atoms with E-state index in [4.69, 9.17) is 4.74 Å². The van der Waals surface area contributed by atoms with Crippen LogP contribution in [-0.4, -0.2) is 43.9 Å². The zero-order valence-corrected chi connectivity index (χ0v) is 20.3. The highest BCUT2D eigenvalue weighted by atomic mass is 79.9. The molecule has 5 rings (SSSR count). The highest BCUT2D eigenvalue weighted by molar-refractivity contribution is 9.10. The quantitative estimate of drug-likeness (QED) is 0.240. The van der Waals surface area contributed by atoms with E-state index in [0.29, 0.717) is 35.6 Å². The normalized spacial score (nSPS) is 15.4. The molecule has 0 radical (unpaired) electrons. The Labute approximate surface area is 213 Å². The number of halogens is 2. The molecule has 0 spiro atoms. The zero-order chi connectivity index (χ0) is 25.2. The maximum atomic E-state index is 13.6. The number of rotatable bonds is 7. The summed E-state index contributed by atoms with van der Waals surface area (Å²) in [5.74, 6) is -0.581. The molecule has 1 fully saturated rings. The second kappa shape index (κ2) is 9.96. The number of carbonyl (C=O) groups is 1. The van der Waals surface area contributed by atoms with Crippen LogP contribution in [0.3, 0.4) is 0 Å². The molecule has 1 unspecified atom stereocenters. The van der Waals surface area contributed by atoms with E-state index < -0.39 is 11.2 Å². The number of carbonyl (C=O) groups excluding carboxylic acids is 1. The minimum Gasteiger partial charge on any atom is -0.342 e. The van der Waals surface area contributed by atoms with Gasteiger partial charge in [-0.3, -0.25) is 14.9 Å². The zero-order valence-electron chi connectivity index (χ0n) is 18.8. The van der Waals surface area contributed by atoms with Crippen molar-refractivity contribution in [2.45, 2.75) is 12.6 Å². The number of benzene rings is 3. The first-order valence-electron chi connectivity index (χ1n) is 11.0. The van der Waals surface area contributed by atoms with Crippen LogP contribution in [0.4, 0.5) is 10.1 Å². The molecule has 4 aromatic rings. The van der Waals surface area contributed by atoms with Crippen LogP contribution in [0.2, 0.25) is 0 Å². The van der Waals surface area contributed by atoms with Crippen LogP contribution in [0.1, 0.15) is 17.5 Å². The van der Waals surface area contributed by atoms with Gasteiger partial charge in [0.15, 0.2) is 6.23 Å². The molecule has 1 aliphatic rings. The summed E-state index contributed by atoms with van der Waals surface area (Å²) in [6.45, 7) is 0.203. The van der Waals surface area contributed by atoms with Crippen molar-refractivity contribution in [2.75, 3.05) is 13.2 Å². The van der Waals surface area contributed by atoms with Crippen molar-refractivity contribution < 1.29 is 18.8 Å². The number of nitro groups is 1. The summed E-state index contributed by atoms with van der Waals surface area (Å²) < 4.78 is 20.3. The van der Waals surface area contributed by atoms with Crippen LogP contribution in [0.5, 0.6) is 0 Å². The van der Waals surface area contributed by atoms with Crippen molar-refractivity contribution in [2.24, 2.45) is 0 Å². The molecule has 9 nitrogen and oxygen atoms in total. The van der Waals surface area contributed by atoms with E-state index in [-0.39, 0.29) is 24.0 Å². The second-order valence-electron chi connectivity index (χ2n) is 8.13. The first-order valence-corrected chi connectivity index (χ1v) is 11.8. The van der Waals surface area contributed by atoms with Gasteiger partial charge in [0.2, 0.25) is 0 Å². The topological polar surface area (TPSA) is 103 Å². The molecule has 0 saturated carbocycles. The highest BCUT2D eigenvalue weighted by Crippen LogP contribution is 2.34. The van der Waals surface area contributed by atoms with Gasteiger partial charge in [-0.25, -0.2) is 4.39 Å². The number of nitro benzene ring substituents is 1. The number of aromatic nitrogens is 3. The van der Waals surface area contributed by atoms with E-state index in [2.05, 4.69) is 26.1 Å². The van der Waals surface area contributed by atoms with Crippen LogP contribution in [0.15, 0.2) is 77.3 Å². The fraction of sp³-hybridized carbons (Fsp3) is 0.160. The molecule has 2 heterocycles. The van der Waals surface area contributed by atoms with Crippen molar-refractivity contribution in [3.8, 4) is 16.9 Å². The SMILES string of the molecule is O=C1COC(c2nn(-c3ccc(Br)cc3)nc2-c2ccc(F)cc2)N1CCc1ccc([N+](=O)[O-])cc1. The summed E-state index contributed by atoms with van der Waals surface area (Å²) >= 11 is 3.41. The van der Waals surface area contributed by atoms with Gasteiger partial charge in [0.1, 0.15) is 23.8 Å². The molecule has 1 aliphatic heterocycles. The summed E-state index contributed by atoms with van der Waals surface area (Å²) in [7, 11) is 0. The van der Waals surface area contributed by atoms with Crippen LogP contribution < -0.4 is 0 Å². The average molecular weight is 552 g/mol. The van der Waals surface area contributed by atoms with E-state index in [0.717, 1.165) is 10.0 Å². The third-order valence-corrected chi connectivity index (χ3v) is 6.33. The number of hydrogen-bond donors (Lipinski definition) is 0. The van der Waals surface area contributed by atoms with Gasteiger partial charge in [0.25, 0.3) is 11.6 Å². The number of ether oxygens (including phenoxy) is 1. The third-order valence-electron chi connectivity index (χ3n) is 5.81. The van der Waals surface area contributed by atoms with Crippen LogP contribution in [0.25, 0.3) is 16.9 Å². The van der Waals surface area contributed by atoms with E-state index in [1.165, 1.54) is 29.1 Å². The van der Waals surface area contributed by atoms with Crippen LogP contribution >= 0.6 is 15.9 Å². The predicted octanol–water partition coefficient (Wildman–Crippen LogP) is 4.84. The largest absolute Gasteiger partial charge is 0.342 e. The fourth-order valence-corrected chi connectivity index (χ4v) is 4.21. The van der Waals surface area contributed by atoms with Gasteiger partial charge in [-0.15, -0.1) is 10.2 Å². The van der Waals surface area contributed by atoms with E-state index in [1.54, 1.807) is 29.2 Å². The first kappa shape index (κ1) is 23.8. The number of nitrogens with zero attached hydrogens (tertiary/aromatic N) is 5. The Morgan fingerprint density at radius 2 is 1.72 bits per heavy atom. The van der Waals surface area contributed by atoms with Gasteiger partial charge in [0, 0.05) is 28.7 Å². The maximum Gasteiger partial charge on any atom is 0.269 e. The lowest BCUT2D eigenvalue weighted by molar-refractivity contribution is -0.384. The Hall–Kier alpha value is -3.96. The monoisotopic (exact) mass is 551 g/mol. The molecule has 1 aromatic heterocycles. The van der Waals surface area contributed by atoms with Crippen molar-refractivity contribution in [3.63, 3.8) is 0 Å². The molecule has 1 saturated heterocycles. The summed E-state index contributed by atoms with van der Waals surface area (Å²) in [6.07, 6.45) is -0.323. The van der Waals surface area contributed by atoms with E-state index >= 15 is 0 Å². The number of non-ortho nitro benzene ring substituents is 1. The van der Waals surface area contributed by atoms with Crippen LogP contribution in [0, 0.1) is 15.9 Å². The standard InChI is InChI=1S/C25H19BrFN5O4/c26-18-5-11-20(12-6-18)31-28-23(17-3-7-19(27)8-4-17)24(29-31)25-30(22(33)15-36-25)14-13-16-1-9-21(10-2-16)32(34)35/h1-12,25H,13-15H2. The molecule has 36 heavy (non-hydrogen) atoms. The number of amides is 1. The van der Waals surface area contributed by atoms with Crippen LogP contribution in [-0.2, 0) is 16.0 Å². The van der Waals surface area contributed by atoms with Crippen molar-refractivity contribution >= 4 is 27.5 Å². The smallest absolute Gasteiger partial charge is 0.269 e. The van der Waals surface area contributed by atoms with Crippen molar-refractivity contribution in [3.05, 3.63) is 104 Å². The lowest BCUT2D eigenvalue weighted by atomic mass is 10.1. The van der Waals surface area contributed by atoms with Gasteiger partial charge in [-0.05, 0) is 60.5 Å². The van der Waals surface area contributed by atoms with E-state index in [9.17, 15) is 19.3 Å². The molecule has 0 bridgehead atoms. The molecule has 182 valence electrons. The average Bonchev–Trinajstić information content (AvgIpc) is 3.47. The third kappa shape index (κ3) is 4.88. The highest BCUT2D eigenvalue weighted by Gasteiger charge is 2.37. The summed E-state index contributed by atoms with van der Waals surface area (Å²) in [6, 6.07) is 19.5. The Morgan fingerprint density at radius 3 is 2.39 bits per heavy atom. The summed E-state index contributed by atoms with van der Waals surface area (Å²) in [4.78, 5) is 26.2. The minimum atomic E-state index is -0.792. The Morgan fingerprint density at radius 1 is 1.03 bits per heavy atom. The summed E-state index contributed by atoms with van der Waals surface area (Å²) in [5.41, 5.74) is 3.08. The molecule has 3 aromatic carbocycles. The molecular formula is C25H19BrFN5O4. The van der Waals surface area contributed by atoms with Gasteiger partial charge in [0.05, 0.1) is 10.6 Å². The predicted molar refractivity (Wildman–Crippen MR) is 132 cm³/mol. The molecular weight excluding hydrogens is 533 g/mol. The molecule has 0 aliphatic carbocycles. The molecule has 1 atom stereocenters. The first-order chi connectivity index (χ1) is 17.4. The van der Waals surface area contributed by atoms with Gasteiger partial charge in [-0.2, -0.15) is 4.80 Å². The second-order valence-corrected chi connectivity index (χ2v) is 9.05. The molecule has 1 amide bonds. The lowest BCUT2D eigenvalue weighted by Gasteiger charge is -2.22. The maximum absolute atomic E-state index is 13.6. The summed E-state index contributed by atoms with van der Waals surface area (Å²) in [5, 5.41) is 20.2. The van der Waals surface area contributed by atoms with Gasteiger partial charge < -0.3 is 9.64 Å². The minimum absolute atomic E-state index is 0.00528.